The standard InChI is InChI=1S/C13H22N2O3/c1-3-5-14(6-4-2)13(17)9-15-7-8-18-11-12(15)10-16/h3-4,12,16H,1-2,5-11H2. The minimum atomic E-state index is -0.0861. The summed E-state index contributed by atoms with van der Waals surface area (Å²) in [5, 5.41) is 9.24. The average Bonchev–Trinajstić information content (AvgIpc) is 2.39. The smallest absolute Gasteiger partial charge is 0.237 e. The highest BCUT2D eigenvalue weighted by atomic mass is 16.5. The number of ether oxygens (including phenoxy) is 1. The van der Waals surface area contributed by atoms with Crippen LogP contribution < -0.4 is 0 Å². The molecule has 0 bridgehead atoms. The number of morpholine rings is 1. The van der Waals surface area contributed by atoms with Crippen LogP contribution >= 0.6 is 0 Å². The fourth-order valence-corrected chi connectivity index (χ4v) is 1.93. The number of carbonyl (C=O) groups excluding carboxylic acids is 1. The van der Waals surface area contributed by atoms with E-state index in [9.17, 15) is 9.90 Å². The Morgan fingerprint density at radius 3 is 2.67 bits per heavy atom. The predicted octanol–water partition coefficient (Wildman–Crippen LogP) is -0.120. The van der Waals surface area contributed by atoms with Gasteiger partial charge in [-0.15, -0.1) is 13.2 Å². The molecule has 1 saturated heterocycles. The summed E-state index contributed by atoms with van der Waals surface area (Å²) >= 11 is 0. The van der Waals surface area contributed by atoms with E-state index in [1.807, 2.05) is 4.90 Å². The summed E-state index contributed by atoms with van der Waals surface area (Å²) in [6.07, 6.45) is 3.40. The number of amides is 1. The molecule has 5 nitrogen and oxygen atoms in total. The molecule has 1 aliphatic rings. The van der Waals surface area contributed by atoms with Crippen molar-refractivity contribution in [3.63, 3.8) is 0 Å². The molecule has 0 saturated carbocycles. The van der Waals surface area contributed by atoms with Crippen LogP contribution in [0.4, 0.5) is 0 Å². The molecule has 0 aromatic carbocycles. The van der Waals surface area contributed by atoms with Gasteiger partial charge in [0, 0.05) is 19.6 Å². The topological polar surface area (TPSA) is 53.0 Å². The van der Waals surface area contributed by atoms with Gasteiger partial charge in [0.2, 0.25) is 5.91 Å². The normalized spacial score (nSPS) is 20.4. The molecule has 102 valence electrons. The van der Waals surface area contributed by atoms with Crippen molar-refractivity contribution in [2.45, 2.75) is 6.04 Å². The van der Waals surface area contributed by atoms with Gasteiger partial charge < -0.3 is 14.7 Å². The Balaban J connectivity index is 2.54. The van der Waals surface area contributed by atoms with Crippen molar-refractivity contribution in [1.29, 1.82) is 0 Å². The molecule has 1 amide bonds. The van der Waals surface area contributed by atoms with Crippen LogP contribution in [0, 0.1) is 0 Å². The lowest BCUT2D eigenvalue weighted by molar-refractivity contribution is -0.134. The molecular formula is C13H22N2O3. The van der Waals surface area contributed by atoms with Crippen molar-refractivity contribution in [2.75, 3.05) is 46.0 Å². The maximum Gasteiger partial charge on any atom is 0.237 e. The van der Waals surface area contributed by atoms with Crippen molar-refractivity contribution in [2.24, 2.45) is 0 Å². The quantitative estimate of drug-likeness (QED) is 0.644. The third-order valence-electron chi connectivity index (χ3n) is 2.95. The van der Waals surface area contributed by atoms with Crippen LogP contribution in [0.5, 0.6) is 0 Å². The Labute approximate surface area is 108 Å². The van der Waals surface area contributed by atoms with Crippen molar-refractivity contribution in [1.82, 2.24) is 9.80 Å². The summed E-state index contributed by atoms with van der Waals surface area (Å²) in [6.45, 7) is 10.4. The number of carbonyl (C=O) groups is 1. The van der Waals surface area contributed by atoms with Crippen LogP contribution in [0.2, 0.25) is 0 Å². The first kappa shape index (κ1) is 14.9. The second-order valence-corrected chi connectivity index (χ2v) is 4.26. The Bertz CT molecular complexity index is 284. The second kappa shape index (κ2) is 8.02. The SMILES string of the molecule is C=CCN(CC=C)C(=O)CN1CCOCC1CO. The van der Waals surface area contributed by atoms with Gasteiger partial charge in [-0.2, -0.15) is 0 Å². The molecule has 1 fully saturated rings. The Morgan fingerprint density at radius 1 is 1.44 bits per heavy atom. The molecule has 1 unspecified atom stereocenters. The molecule has 1 N–H and O–H groups in total. The zero-order chi connectivity index (χ0) is 13.4. The number of hydrogen-bond donors (Lipinski definition) is 1. The summed E-state index contributed by atoms with van der Waals surface area (Å²) < 4.78 is 5.28. The Morgan fingerprint density at radius 2 is 2.11 bits per heavy atom. The molecule has 0 spiro atoms. The van der Waals surface area contributed by atoms with E-state index in [1.54, 1.807) is 17.1 Å². The van der Waals surface area contributed by atoms with Crippen molar-refractivity contribution in [3.05, 3.63) is 25.3 Å². The van der Waals surface area contributed by atoms with E-state index in [-0.39, 0.29) is 18.6 Å². The van der Waals surface area contributed by atoms with Crippen molar-refractivity contribution < 1.29 is 14.6 Å². The molecular weight excluding hydrogens is 232 g/mol. The number of aliphatic hydroxyl groups is 1. The zero-order valence-electron chi connectivity index (χ0n) is 10.8. The van der Waals surface area contributed by atoms with Crippen LogP contribution in [-0.4, -0.2) is 72.9 Å². The average molecular weight is 254 g/mol. The van der Waals surface area contributed by atoms with Crippen LogP contribution in [0.15, 0.2) is 25.3 Å². The van der Waals surface area contributed by atoms with Gasteiger partial charge in [0.25, 0.3) is 0 Å². The number of rotatable bonds is 7. The third kappa shape index (κ3) is 4.25. The molecule has 1 atom stereocenters. The van der Waals surface area contributed by atoms with Gasteiger partial charge in [0.15, 0.2) is 0 Å². The highest BCUT2D eigenvalue weighted by Crippen LogP contribution is 2.07. The first-order valence-electron chi connectivity index (χ1n) is 6.15. The summed E-state index contributed by atoms with van der Waals surface area (Å²) in [6, 6.07) is -0.0861. The highest BCUT2D eigenvalue weighted by molar-refractivity contribution is 5.78. The molecule has 1 heterocycles. The molecule has 5 heteroatoms. The van der Waals surface area contributed by atoms with Gasteiger partial charge in [-0.05, 0) is 0 Å². The fourth-order valence-electron chi connectivity index (χ4n) is 1.93. The van der Waals surface area contributed by atoms with E-state index in [0.29, 0.717) is 39.4 Å². The number of nitrogens with zero attached hydrogens (tertiary/aromatic N) is 2. The van der Waals surface area contributed by atoms with Gasteiger partial charge in [-0.25, -0.2) is 0 Å². The van der Waals surface area contributed by atoms with Gasteiger partial charge in [-0.1, -0.05) is 12.2 Å². The maximum absolute atomic E-state index is 12.1. The van der Waals surface area contributed by atoms with Gasteiger partial charge >= 0.3 is 0 Å². The number of aliphatic hydroxyl groups excluding tert-OH is 1. The van der Waals surface area contributed by atoms with E-state index >= 15 is 0 Å². The largest absolute Gasteiger partial charge is 0.395 e. The summed E-state index contributed by atoms with van der Waals surface area (Å²) in [4.78, 5) is 15.8. The Kier molecular flexibility index (Phi) is 6.64. The lowest BCUT2D eigenvalue weighted by Crippen LogP contribution is -2.51. The van der Waals surface area contributed by atoms with Crippen LogP contribution in [0.25, 0.3) is 0 Å². The Hall–Kier alpha value is -1.17. The minimum absolute atomic E-state index is 0.0101. The monoisotopic (exact) mass is 254 g/mol. The van der Waals surface area contributed by atoms with E-state index in [0.717, 1.165) is 0 Å². The molecule has 0 aromatic rings. The first-order valence-corrected chi connectivity index (χ1v) is 6.15. The molecule has 1 aliphatic heterocycles. The van der Waals surface area contributed by atoms with Crippen LogP contribution in [0.1, 0.15) is 0 Å². The highest BCUT2D eigenvalue weighted by Gasteiger charge is 2.25. The van der Waals surface area contributed by atoms with E-state index in [1.165, 1.54) is 0 Å². The maximum atomic E-state index is 12.1. The molecule has 1 rings (SSSR count). The molecule has 0 radical (unpaired) electrons. The molecule has 18 heavy (non-hydrogen) atoms. The summed E-state index contributed by atoms with van der Waals surface area (Å²) in [7, 11) is 0. The number of hydrogen-bond acceptors (Lipinski definition) is 4. The minimum Gasteiger partial charge on any atom is -0.395 e. The third-order valence-corrected chi connectivity index (χ3v) is 2.95. The van der Waals surface area contributed by atoms with Crippen molar-refractivity contribution in [3.8, 4) is 0 Å². The molecule has 0 aliphatic carbocycles. The second-order valence-electron chi connectivity index (χ2n) is 4.26. The molecule has 0 aromatic heterocycles. The van der Waals surface area contributed by atoms with Crippen LogP contribution in [0.3, 0.4) is 0 Å². The van der Waals surface area contributed by atoms with Gasteiger partial charge in [0.05, 0.1) is 32.4 Å². The fraction of sp³-hybridized carbons (Fsp3) is 0.615. The van der Waals surface area contributed by atoms with Gasteiger partial charge in [0.1, 0.15) is 0 Å². The van der Waals surface area contributed by atoms with Gasteiger partial charge in [-0.3, -0.25) is 9.69 Å². The van der Waals surface area contributed by atoms with Crippen LogP contribution in [-0.2, 0) is 9.53 Å². The predicted molar refractivity (Wildman–Crippen MR) is 70.2 cm³/mol. The lowest BCUT2D eigenvalue weighted by Gasteiger charge is -2.35. The first-order chi connectivity index (χ1) is 8.72. The summed E-state index contributed by atoms with van der Waals surface area (Å²) in [5.74, 6) is 0.0233. The van der Waals surface area contributed by atoms with E-state index in [4.69, 9.17) is 4.74 Å². The lowest BCUT2D eigenvalue weighted by atomic mass is 10.2. The van der Waals surface area contributed by atoms with E-state index in [2.05, 4.69) is 13.2 Å². The zero-order valence-corrected chi connectivity index (χ0v) is 10.8. The van der Waals surface area contributed by atoms with Crippen molar-refractivity contribution >= 4 is 5.91 Å². The van der Waals surface area contributed by atoms with E-state index < -0.39 is 0 Å². The summed E-state index contributed by atoms with van der Waals surface area (Å²) in [5.41, 5.74) is 0.